The van der Waals surface area contributed by atoms with Crippen molar-refractivity contribution in [3.8, 4) is 0 Å². The van der Waals surface area contributed by atoms with Gasteiger partial charge in [0.05, 0.1) is 0 Å². The van der Waals surface area contributed by atoms with E-state index in [0.29, 0.717) is 0 Å². The van der Waals surface area contributed by atoms with Crippen molar-refractivity contribution in [3.63, 3.8) is 0 Å². The van der Waals surface area contributed by atoms with E-state index in [4.69, 9.17) is 0 Å². The summed E-state index contributed by atoms with van der Waals surface area (Å²) in [6.45, 7) is -3.02. The van der Waals surface area contributed by atoms with Crippen LogP contribution in [0.25, 0.3) is 0 Å². The van der Waals surface area contributed by atoms with Crippen LogP contribution in [0.4, 0.5) is 12.9 Å². The van der Waals surface area contributed by atoms with Gasteiger partial charge in [-0.25, -0.2) is 0 Å². The smallest absolute Gasteiger partial charge is 0.449 e. The van der Waals surface area contributed by atoms with E-state index in [1.807, 2.05) is 0 Å². The molecule has 0 amide bonds. The zero-order chi connectivity index (χ0) is 6.62. The van der Waals surface area contributed by atoms with E-state index in [1.165, 1.54) is 6.08 Å². The van der Waals surface area contributed by atoms with Crippen molar-refractivity contribution in [2.75, 3.05) is 0 Å². The van der Waals surface area contributed by atoms with Crippen LogP contribution in [0.2, 0.25) is 6.32 Å². The molecule has 0 aromatic rings. The molecular formula is C4H7BF3K. The van der Waals surface area contributed by atoms with Gasteiger partial charge in [-0.2, -0.15) is 0 Å². The fourth-order valence-electron chi connectivity index (χ4n) is 0.290. The maximum absolute atomic E-state index is 11.3. The Morgan fingerprint density at radius 2 is 1.78 bits per heavy atom. The molecule has 0 bridgehead atoms. The Kier molecular flexibility index (Phi) is 8.54. The molecule has 0 aromatic heterocycles. The predicted octanol–water partition coefficient (Wildman–Crippen LogP) is -0.586. The Morgan fingerprint density at radius 1 is 1.33 bits per heavy atom. The van der Waals surface area contributed by atoms with E-state index < -0.39 is 13.3 Å². The Bertz CT molecular complexity index is 88.3. The van der Waals surface area contributed by atoms with Crippen LogP contribution < -0.4 is 51.4 Å². The monoisotopic (exact) mass is 162 g/mol. The summed E-state index contributed by atoms with van der Waals surface area (Å²) < 4.78 is 33.8. The van der Waals surface area contributed by atoms with Gasteiger partial charge in [-0.1, -0.05) is 12.4 Å². The molecule has 0 aromatic carbocycles. The number of hydrogen-bond acceptors (Lipinski definition) is 0. The molecule has 0 nitrogen and oxygen atoms in total. The van der Waals surface area contributed by atoms with E-state index in [1.54, 1.807) is 6.92 Å². The molecular weight excluding hydrogens is 155 g/mol. The number of halogens is 3. The quantitative estimate of drug-likeness (QED) is 0.376. The average Bonchev–Trinajstić information content (AvgIpc) is 1.59. The van der Waals surface area contributed by atoms with Gasteiger partial charge in [-0.3, -0.25) is 0 Å². The number of allylic oxidation sites excluding steroid dienone is 2. The first-order valence-electron chi connectivity index (χ1n) is 2.38. The zero-order valence-corrected chi connectivity index (χ0v) is 8.70. The minimum absolute atomic E-state index is 0. The maximum atomic E-state index is 11.3. The number of rotatable bonds is 2. The topological polar surface area (TPSA) is 0 Å². The van der Waals surface area contributed by atoms with Crippen molar-refractivity contribution < 1.29 is 64.3 Å². The summed E-state index contributed by atoms with van der Waals surface area (Å²) in [7, 11) is 0. The number of hydrogen-bond donors (Lipinski definition) is 0. The van der Waals surface area contributed by atoms with Crippen molar-refractivity contribution in [2.24, 2.45) is 0 Å². The van der Waals surface area contributed by atoms with Crippen molar-refractivity contribution in [1.82, 2.24) is 0 Å². The van der Waals surface area contributed by atoms with E-state index in [2.05, 4.69) is 0 Å². The van der Waals surface area contributed by atoms with Crippen LogP contribution in [0.15, 0.2) is 12.2 Å². The van der Waals surface area contributed by atoms with Gasteiger partial charge in [-0.15, -0.1) is 6.08 Å². The summed E-state index contributed by atoms with van der Waals surface area (Å²) in [5.41, 5.74) is 0. The average molecular weight is 162 g/mol. The molecule has 9 heavy (non-hydrogen) atoms. The molecule has 0 saturated carbocycles. The zero-order valence-electron chi connectivity index (χ0n) is 5.57. The van der Waals surface area contributed by atoms with Crippen LogP contribution in [0, 0.1) is 0 Å². The van der Waals surface area contributed by atoms with Crippen LogP contribution in [0.1, 0.15) is 6.92 Å². The van der Waals surface area contributed by atoms with Crippen LogP contribution >= 0.6 is 0 Å². The van der Waals surface area contributed by atoms with Crippen molar-refractivity contribution >= 4 is 6.98 Å². The summed E-state index contributed by atoms with van der Waals surface area (Å²) in [5.74, 6) is 0. The fraction of sp³-hybridized carbons (Fsp3) is 0.500. The van der Waals surface area contributed by atoms with Crippen molar-refractivity contribution in [2.45, 2.75) is 13.2 Å². The normalized spacial score (nSPS) is 11.6. The molecule has 5 heteroatoms. The molecule has 0 saturated heterocycles. The Labute approximate surface area is 95.4 Å². The maximum Gasteiger partial charge on any atom is 1.00 e. The molecule has 0 heterocycles. The van der Waals surface area contributed by atoms with Crippen molar-refractivity contribution in [1.29, 1.82) is 0 Å². The van der Waals surface area contributed by atoms with Gasteiger partial charge < -0.3 is 12.9 Å². The molecule has 0 aliphatic carbocycles. The molecule has 0 aliphatic rings. The van der Waals surface area contributed by atoms with Gasteiger partial charge in [0.15, 0.2) is 0 Å². The van der Waals surface area contributed by atoms with Gasteiger partial charge in [0.1, 0.15) is 0 Å². The Morgan fingerprint density at radius 3 is 1.89 bits per heavy atom. The Hall–Kier alpha value is 1.23. The standard InChI is InChI=1S/C4H7BF3.K/c1-2-3-4-5(6,7)8;/h2-3H,4H2,1H3;/q-1;+1/b3-2+;. The third kappa shape index (κ3) is 12.4. The first-order chi connectivity index (χ1) is 3.56. The van der Waals surface area contributed by atoms with Crippen LogP contribution in [-0.4, -0.2) is 6.98 Å². The van der Waals surface area contributed by atoms with Crippen LogP contribution in [0.3, 0.4) is 0 Å². The molecule has 0 fully saturated rings. The minimum Gasteiger partial charge on any atom is -0.449 e. The summed E-state index contributed by atoms with van der Waals surface area (Å²) in [6.07, 6.45) is 1.76. The molecule has 0 unspecified atom stereocenters. The van der Waals surface area contributed by atoms with Gasteiger partial charge >= 0.3 is 58.4 Å². The third-order valence-electron chi connectivity index (χ3n) is 0.639. The SMILES string of the molecule is C/C=C/C[B-](F)(F)F.[K+]. The first kappa shape index (κ1) is 12.9. The second-order valence-electron chi connectivity index (χ2n) is 1.52. The van der Waals surface area contributed by atoms with Gasteiger partial charge in [-0.05, 0) is 6.92 Å². The largest absolute Gasteiger partial charge is 1.00 e. The van der Waals surface area contributed by atoms with Crippen LogP contribution in [0.5, 0.6) is 0 Å². The van der Waals surface area contributed by atoms with E-state index >= 15 is 0 Å². The molecule has 0 radical (unpaired) electrons. The summed E-state index contributed by atoms with van der Waals surface area (Å²) >= 11 is 0. The molecule has 0 spiro atoms. The van der Waals surface area contributed by atoms with E-state index in [9.17, 15) is 12.9 Å². The predicted molar refractivity (Wildman–Crippen MR) is 28.7 cm³/mol. The molecule has 0 rings (SSSR count). The minimum atomic E-state index is -4.59. The second-order valence-corrected chi connectivity index (χ2v) is 1.52. The summed E-state index contributed by atoms with van der Waals surface area (Å²) in [6, 6.07) is 0. The fourth-order valence-corrected chi connectivity index (χ4v) is 0.290. The summed E-state index contributed by atoms with van der Waals surface area (Å²) in [5, 5.41) is 0. The van der Waals surface area contributed by atoms with E-state index in [0.717, 1.165) is 6.08 Å². The Balaban J connectivity index is 0. The van der Waals surface area contributed by atoms with Gasteiger partial charge in [0.2, 0.25) is 0 Å². The van der Waals surface area contributed by atoms with Gasteiger partial charge in [0, 0.05) is 0 Å². The third-order valence-corrected chi connectivity index (χ3v) is 0.639. The van der Waals surface area contributed by atoms with E-state index in [-0.39, 0.29) is 51.4 Å². The molecule has 0 atom stereocenters. The van der Waals surface area contributed by atoms with Gasteiger partial charge in [0.25, 0.3) is 0 Å². The molecule has 48 valence electrons. The molecule has 0 aliphatic heterocycles. The first-order valence-corrected chi connectivity index (χ1v) is 2.38. The second kappa shape index (κ2) is 5.98. The van der Waals surface area contributed by atoms with Crippen LogP contribution in [-0.2, 0) is 0 Å². The van der Waals surface area contributed by atoms with Crippen molar-refractivity contribution in [3.05, 3.63) is 12.2 Å². The molecule has 0 N–H and O–H groups in total. The summed E-state index contributed by atoms with van der Waals surface area (Å²) in [4.78, 5) is 0.